The largest absolute Gasteiger partial charge is 0.495 e. The van der Waals surface area contributed by atoms with Crippen molar-refractivity contribution in [3.05, 3.63) is 47.9 Å². The van der Waals surface area contributed by atoms with Gasteiger partial charge in [-0.25, -0.2) is 0 Å². The molecule has 1 aliphatic rings. The first kappa shape index (κ1) is 18.5. The molecule has 27 heavy (non-hydrogen) atoms. The summed E-state index contributed by atoms with van der Waals surface area (Å²) in [6, 6.07) is 8.57. The minimum Gasteiger partial charge on any atom is -0.495 e. The van der Waals surface area contributed by atoms with Crippen LogP contribution in [0.2, 0.25) is 0 Å². The van der Waals surface area contributed by atoms with E-state index in [0.717, 1.165) is 5.56 Å². The van der Waals surface area contributed by atoms with E-state index in [9.17, 15) is 14.4 Å². The Labute approximate surface area is 156 Å². The van der Waals surface area contributed by atoms with Crippen LogP contribution in [0.15, 0.2) is 41.0 Å². The molecule has 0 aliphatic carbocycles. The lowest BCUT2D eigenvalue weighted by molar-refractivity contribution is -0.144. The monoisotopic (exact) mass is 371 g/mol. The number of amides is 3. The lowest BCUT2D eigenvalue weighted by atomic mass is 10.2. The molecular weight excluding hydrogens is 350 g/mol. The van der Waals surface area contributed by atoms with Crippen molar-refractivity contribution in [2.75, 3.05) is 38.6 Å². The quantitative estimate of drug-likeness (QED) is 0.826. The van der Waals surface area contributed by atoms with Gasteiger partial charge < -0.3 is 24.3 Å². The Kier molecular flexibility index (Phi) is 5.44. The number of rotatable bonds is 3. The molecule has 1 fully saturated rings. The third-order valence-corrected chi connectivity index (χ3v) is 4.38. The summed E-state index contributed by atoms with van der Waals surface area (Å²) in [7, 11) is 1.50. The Balaban J connectivity index is 1.58. The lowest BCUT2D eigenvalue weighted by Gasteiger charge is -2.33. The van der Waals surface area contributed by atoms with Crippen molar-refractivity contribution in [2.24, 2.45) is 0 Å². The molecule has 0 atom stereocenters. The van der Waals surface area contributed by atoms with Crippen LogP contribution in [-0.2, 0) is 9.59 Å². The van der Waals surface area contributed by atoms with E-state index < -0.39 is 11.8 Å². The van der Waals surface area contributed by atoms with Gasteiger partial charge >= 0.3 is 11.8 Å². The summed E-state index contributed by atoms with van der Waals surface area (Å²) >= 11 is 0. The van der Waals surface area contributed by atoms with Gasteiger partial charge in [-0.3, -0.25) is 14.4 Å². The molecule has 1 aromatic carbocycles. The molecular formula is C19H21N3O5. The number of furan rings is 1. The maximum Gasteiger partial charge on any atom is 0.314 e. The van der Waals surface area contributed by atoms with Gasteiger partial charge in [-0.1, -0.05) is 6.07 Å². The summed E-state index contributed by atoms with van der Waals surface area (Å²) < 4.78 is 10.3. The first-order valence-electron chi connectivity index (χ1n) is 8.57. The molecule has 3 rings (SSSR count). The molecule has 1 saturated heterocycles. The molecule has 0 bridgehead atoms. The SMILES string of the molecule is COc1ccc(C)cc1NC(=O)C(=O)N1CCN(C(=O)c2ccco2)CC1. The molecule has 0 radical (unpaired) electrons. The Hall–Kier alpha value is -3.29. The normalized spacial score (nSPS) is 14.0. The van der Waals surface area contributed by atoms with Gasteiger partial charge in [0.05, 0.1) is 19.1 Å². The van der Waals surface area contributed by atoms with Crippen molar-refractivity contribution in [3.8, 4) is 5.75 Å². The van der Waals surface area contributed by atoms with Crippen molar-refractivity contribution in [1.29, 1.82) is 0 Å². The van der Waals surface area contributed by atoms with Crippen LogP contribution < -0.4 is 10.1 Å². The smallest absolute Gasteiger partial charge is 0.314 e. The van der Waals surface area contributed by atoms with E-state index in [1.165, 1.54) is 18.3 Å². The second-order valence-electron chi connectivity index (χ2n) is 6.22. The van der Waals surface area contributed by atoms with E-state index in [1.54, 1.807) is 29.2 Å². The number of carbonyl (C=O) groups excluding carboxylic acids is 3. The Morgan fingerprint density at radius 2 is 1.78 bits per heavy atom. The minimum atomic E-state index is -0.732. The number of anilines is 1. The zero-order chi connectivity index (χ0) is 19.4. The number of methoxy groups -OCH3 is 1. The standard InChI is InChI=1S/C19H21N3O5/c1-13-5-6-15(26-2)14(12-13)20-17(23)19(25)22-9-7-21(8-10-22)18(24)16-4-3-11-27-16/h3-6,11-12H,7-10H2,1-2H3,(H,20,23). The van der Waals surface area contributed by atoms with Gasteiger partial charge in [0.15, 0.2) is 5.76 Å². The van der Waals surface area contributed by atoms with Crippen molar-refractivity contribution in [3.63, 3.8) is 0 Å². The topological polar surface area (TPSA) is 92.1 Å². The summed E-state index contributed by atoms with van der Waals surface area (Å²) in [5, 5.41) is 2.61. The number of ether oxygens (including phenoxy) is 1. The van der Waals surface area contributed by atoms with Crippen LogP contribution in [0.3, 0.4) is 0 Å². The van der Waals surface area contributed by atoms with Crippen molar-refractivity contribution in [1.82, 2.24) is 9.80 Å². The van der Waals surface area contributed by atoms with Crippen LogP contribution in [0, 0.1) is 6.92 Å². The zero-order valence-electron chi connectivity index (χ0n) is 15.2. The highest BCUT2D eigenvalue weighted by atomic mass is 16.5. The molecule has 142 valence electrons. The summed E-state index contributed by atoms with van der Waals surface area (Å²) in [6.07, 6.45) is 1.44. The number of piperazine rings is 1. The fraction of sp³-hybridized carbons (Fsp3) is 0.316. The molecule has 8 nitrogen and oxygen atoms in total. The van der Waals surface area contributed by atoms with E-state index in [0.29, 0.717) is 24.5 Å². The van der Waals surface area contributed by atoms with Crippen LogP contribution in [0.1, 0.15) is 16.1 Å². The Morgan fingerprint density at radius 1 is 1.07 bits per heavy atom. The summed E-state index contributed by atoms with van der Waals surface area (Å²) in [4.78, 5) is 40.1. The minimum absolute atomic E-state index is 0.221. The summed E-state index contributed by atoms with van der Waals surface area (Å²) in [5.74, 6) is -0.843. The molecule has 1 N–H and O–H groups in total. The molecule has 1 aliphatic heterocycles. The fourth-order valence-electron chi connectivity index (χ4n) is 2.91. The molecule has 2 aromatic rings. The fourth-order valence-corrected chi connectivity index (χ4v) is 2.91. The van der Waals surface area contributed by atoms with Crippen LogP contribution in [-0.4, -0.2) is 60.8 Å². The summed E-state index contributed by atoms with van der Waals surface area (Å²) in [6.45, 7) is 3.12. The molecule has 0 unspecified atom stereocenters. The first-order valence-corrected chi connectivity index (χ1v) is 8.57. The number of benzene rings is 1. The predicted molar refractivity (Wildman–Crippen MR) is 97.6 cm³/mol. The number of hydrogen-bond acceptors (Lipinski definition) is 5. The van der Waals surface area contributed by atoms with E-state index >= 15 is 0 Å². The van der Waals surface area contributed by atoms with Gasteiger partial charge in [-0.05, 0) is 36.8 Å². The molecule has 8 heteroatoms. The van der Waals surface area contributed by atoms with E-state index in [1.807, 2.05) is 13.0 Å². The van der Waals surface area contributed by atoms with Gasteiger partial charge in [0.1, 0.15) is 5.75 Å². The van der Waals surface area contributed by atoms with Gasteiger partial charge in [-0.2, -0.15) is 0 Å². The molecule has 2 heterocycles. The van der Waals surface area contributed by atoms with Gasteiger partial charge in [0.2, 0.25) is 0 Å². The highest BCUT2D eigenvalue weighted by molar-refractivity contribution is 6.39. The predicted octanol–water partition coefficient (Wildman–Crippen LogP) is 1.52. The molecule has 0 saturated carbocycles. The van der Waals surface area contributed by atoms with Crippen molar-refractivity contribution < 1.29 is 23.5 Å². The maximum atomic E-state index is 12.4. The zero-order valence-corrected chi connectivity index (χ0v) is 15.2. The first-order chi connectivity index (χ1) is 13.0. The average Bonchev–Trinajstić information content (AvgIpc) is 3.22. The van der Waals surface area contributed by atoms with Crippen LogP contribution in [0.4, 0.5) is 5.69 Å². The second kappa shape index (κ2) is 7.94. The van der Waals surface area contributed by atoms with E-state index in [2.05, 4.69) is 5.32 Å². The average molecular weight is 371 g/mol. The van der Waals surface area contributed by atoms with E-state index in [-0.39, 0.29) is 24.8 Å². The number of carbonyl (C=O) groups is 3. The maximum absolute atomic E-state index is 12.4. The molecule has 1 aromatic heterocycles. The lowest BCUT2D eigenvalue weighted by Crippen LogP contribution is -2.52. The number of nitrogens with one attached hydrogen (secondary N) is 1. The van der Waals surface area contributed by atoms with Gasteiger partial charge in [-0.15, -0.1) is 0 Å². The van der Waals surface area contributed by atoms with Crippen LogP contribution >= 0.6 is 0 Å². The summed E-state index contributed by atoms with van der Waals surface area (Å²) in [5.41, 5.74) is 1.38. The Bertz CT molecular complexity index is 839. The molecule has 0 spiro atoms. The number of hydrogen-bond donors (Lipinski definition) is 1. The van der Waals surface area contributed by atoms with Crippen LogP contribution in [0.5, 0.6) is 5.75 Å². The Morgan fingerprint density at radius 3 is 2.41 bits per heavy atom. The van der Waals surface area contributed by atoms with Gasteiger partial charge in [0.25, 0.3) is 5.91 Å². The van der Waals surface area contributed by atoms with Crippen molar-refractivity contribution >= 4 is 23.4 Å². The highest BCUT2D eigenvalue weighted by Gasteiger charge is 2.29. The van der Waals surface area contributed by atoms with Crippen molar-refractivity contribution in [2.45, 2.75) is 6.92 Å². The van der Waals surface area contributed by atoms with Gasteiger partial charge in [0, 0.05) is 26.2 Å². The third-order valence-electron chi connectivity index (χ3n) is 4.38. The second-order valence-corrected chi connectivity index (χ2v) is 6.22. The van der Waals surface area contributed by atoms with Crippen LogP contribution in [0.25, 0.3) is 0 Å². The molecule has 3 amide bonds. The third kappa shape index (κ3) is 4.11. The van der Waals surface area contributed by atoms with E-state index in [4.69, 9.17) is 9.15 Å². The number of nitrogens with zero attached hydrogens (tertiary/aromatic N) is 2. The number of aryl methyl sites for hydroxylation is 1. The highest BCUT2D eigenvalue weighted by Crippen LogP contribution is 2.25.